The summed E-state index contributed by atoms with van der Waals surface area (Å²) in [6.07, 6.45) is 1.05. The van der Waals surface area contributed by atoms with Gasteiger partial charge < -0.3 is 14.4 Å². The van der Waals surface area contributed by atoms with E-state index in [0.717, 1.165) is 16.4 Å². The molecule has 0 bridgehead atoms. The van der Waals surface area contributed by atoms with Gasteiger partial charge in [0.15, 0.2) is 26.5 Å². The molecule has 10 heteroatoms. The highest BCUT2D eigenvalue weighted by molar-refractivity contribution is 7.92. The van der Waals surface area contributed by atoms with Gasteiger partial charge in [-0.2, -0.15) is 0 Å². The number of thiazole rings is 1. The largest absolute Gasteiger partial charge is 0.493 e. The molecule has 1 aromatic heterocycles. The minimum atomic E-state index is -3.48. The first-order valence-electron chi connectivity index (χ1n) is 9.95. The number of nitrogens with zero attached hydrogens (tertiary/aromatic N) is 2. The Morgan fingerprint density at radius 3 is 2.38 bits per heavy atom. The molecule has 3 aromatic rings. The van der Waals surface area contributed by atoms with Crippen molar-refractivity contribution in [1.82, 2.24) is 4.98 Å². The molecule has 2 heterocycles. The SMILES string of the molecule is COc1ccc(S(=O)(=O)C2CCN(c3nc(-c4ccc(Cl)c(Cl)c4)cs3)CC2)cc1OC. The van der Waals surface area contributed by atoms with Crippen molar-refractivity contribution in [3.05, 3.63) is 51.8 Å². The molecule has 0 amide bonds. The number of benzene rings is 2. The molecule has 0 saturated carbocycles. The van der Waals surface area contributed by atoms with Crippen LogP contribution in [0.5, 0.6) is 11.5 Å². The topological polar surface area (TPSA) is 68.7 Å². The fraction of sp³-hybridized carbons (Fsp3) is 0.318. The van der Waals surface area contributed by atoms with Gasteiger partial charge in [0.1, 0.15) is 0 Å². The number of ether oxygens (including phenoxy) is 2. The summed E-state index contributed by atoms with van der Waals surface area (Å²) in [6, 6.07) is 10.2. The van der Waals surface area contributed by atoms with Crippen LogP contribution in [0.2, 0.25) is 10.0 Å². The number of anilines is 1. The lowest BCUT2D eigenvalue weighted by molar-refractivity contribution is 0.354. The molecule has 0 unspecified atom stereocenters. The van der Waals surface area contributed by atoms with E-state index in [1.807, 2.05) is 11.4 Å². The number of hydrogen-bond acceptors (Lipinski definition) is 7. The first kappa shape index (κ1) is 23.2. The van der Waals surface area contributed by atoms with E-state index in [-0.39, 0.29) is 4.90 Å². The third kappa shape index (κ3) is 4.55. The Labute approximate surface area is 201 Å². The highest BCUT2D eigenvalue weighted by atomic mass is 35.5. The van der Waals surface area contributed by atoms with Crippen LogP contribution in [0.1, 0.15) is 12.8 Å². The molecule has 0 N–H and O–H groups in total. The maximum absolute atomic E-state index is 13.2. The standard InChI is InChI=1S/C22H22Cl2N2O4S2/c1-29-20-6-4-16(12-21(20)30-2)32(27,28)15-7-9-26(10-8-15)22-25-19(13-31-22)14-3-5-17(23)18(24)11-14/h3-6,11-13,15H,7-10H2,1-2H3. The van der Waals surface area contributed by atoms with Crippen molar-refractivity contribution in [1.29, 1.82) is 0 Å². The first-order chi connectivity index (χ1) is 15.3. The minimum Gasteiger partial charge on any atom is -0.493 e. The van der Waals surface area contributed by atoms with E-state index in [4.69, 9.17) is 37.7 Å². The van der Waals surface area contributed by atoms with E-state index in [1.165, 1.54) is 31.6 Å². The first-order valence-corrected chi connectivity index (χ1v) is 13.1. The van der Waals surface area contributed by atoms with Gasteiger partial charge in [0.25, 0.3) is 0 Å². The van der Waals surface area contributed by atoms with E-state index >= 15 is 0 Å². The van der Waals surface area contributed by atoms with Crippen LogP contribution in [0.25, 0.3) is 11.3 Å². The molecule has 2 aromatic carbocycles. The Bertz CT molecular complexity index is 1220. The second-order valence-corrected chi connectivity index (χ2v) is 11.3. The van der Waals surface area contributed by atoms with Gasteiger partial charge in [0.05, 0.1) is 40.1 Å². The zero-order chi connectivity index (χ0) is 22.9. The van der Waals surface area contributed by atoms with Crippen molar-refractivity contribution in [3.63, 3.8) is 0 Å². The number of methoxy groups -OCH3 is 2. The van der Waals surface area contributed by atoms with Crippen LogP contribution in [0.15, 0.2) is 46.7 Å². The predicted octanol–water partition coefficient (Wildman–Crippen LogP) is 5.58. The number of hydrogen-bond donors (Lipinski definition) is 0. The zero-order valence-electron chi connectivity index (χ0n) is 17.5. The van der Waals surface area contributed by atoms with Crippen LogP contribution >= 0.6 is 34.5 Å². The smallest absolute Gasteiger partial charge is 0.185 e. The second kappa shape index (κ2) is 9.47. The van der Waals surface area contributed by atoms with Gasteiger partial charge >= 0.3 is 0 Å². The fourth-order valence-corrected chi connectivity index (χ4v) is 6.67. The normalized spacial score (nSPS) is 15.1. The van der Waals surface area contributed by atoms with Crippen LogP contribution in [-0.2, 0) is 9.84 Å². The van der Waals surface area contributed by atoms with Crippen molar-refractivity contribution < 1.29 is 17.9 Å². The molecular formula is C22H22Cl2N2O4S2. The van der Waals surface area contributed by atoms with Crippen molar-refractivity contribution in [2.75, 3.05) is 32.2 Å². The Morgan fingerprint density at radius 1 is 1.00 bits per heavy atom. The van der Waals surface area contributed by atoms with Crippen molar-refractivity contribution in [3.8, 4) is 22.8 Å². The molecule has 0 radical (unpaired) electrons. The molecule has 1 saturated heterocycles. The molecule has 0 spiro atoms. The number of sulfone groups is 1. The quantitative estimate of drug-likeness (QED) is 0.429. The maximum Gasteiger partial charge on any atom is 0.185 e. The van der Waals surface area contributed by atoms with Gasteiger partial charge in [-0.3, -0.25) is 0 Å². The summed E-state index contributed by atoms with van der Waals surface area (Å²) >= 11 is 13.7. The number of aromatic nitrogens is 1. The average Bonchev–Trinajstić information content (AvgIpc) is 3.30. The van der Waals surface area contributed by atoms with E-state index < -0.39 is 15.1 Å². The van der Waals surface area contributed by atoms with Crippen LogP contribution in [0.4, 0.5) is 5.13 Å². The van der Waals surface area contributed by atoms with E-state index in [0.29, 0.717) is 47.5 Å². The lowest BCUT2D eigenvalue weighted by Crippen LogP contribution is -2.39. The molecule has 6 nitrogen and oxygen atoms in total. The Morgan fingerprint density at radius 2 is 1.72 bits per heavy atom. The molecule has 1 fully saturated rings. The summed E-state index contributed by atoms with van der Waals surface area (Å²) in [5.74, 6) is 0.909. The van der Waals surface area contributed by atoms with Crippen LogP contribution in [0.3, 0.4) is 0 Å². The van der Waals surface area contributed by atoms with Gasteiger partial charge in [-0.15, -0.1) is 11.3 Å². The molecule has 1 aliphatic rings. The van der Waals surface area contributed by atoms with E-state index in [9.17, 15) is 8.42 Å². The molecule has 32 heavy (non-hydrogen) atoms. The number of piperidine rings is 1. The molecule has 170 valence electrons. The van der Waals surface area contributed by atoms with Crippen molar-refractivity contribution in [2.24, 2.45) is 0 Å². The highest BCUT2D eigenvalue weighted by Gasteiger charge is 2.32. The Kier molecular flexibility index (Phi) is 6.86. The molecule has 4 rings (SSSR count). The van der Waals surface area contributed by atoms with Gasteiger partial charge in [-0.25, -0.2) is 13.4 Å². The van der Waals surface area contributed by atoms with Crippen LogP contribution in [0, 0.1) is 0 Å². The fourth-order valence-electron chi connectivity index (χ4n) is 3.74. The van der Waals surface area contributed by atoms with Gasteiger partial charge in [-0.1, -0.05) is 29.3 Å². The summed E-state index contributed by atoms with van der Waals surface area (Å²) in [5.41, 5.74) is 1.72. The number of halogens is 2. The summed E-state index contributed by atoms with van der Waals surface area (Å²) in [4.78, 5) is 7.11. The van der Waals surface area contributed by atoms with Gasteiger partial charge in [-0.05, 0) is 37.1 Å². The monoisotopic (exact) mass is 512 g/mol. The van der Waals surface area contributed by atoms with Gasteiger partial charge in [0, 0.05) is 30.1 Å². The summed E-state index contributed by atoms with van der Waals surface area (Å²) in [5, 5.41) is 3.38. The lowest BCUT2D eigenvalue weighted by Gasteiger charge is -2.31. The maximum atomic E-state index is 13.2. The van der Waals surface area contributed by atoms with E-state index in [1.54, 1.807) is 24.3 Å². The van der Waals surface area contributed by atoms with Crippen molar-refractivity contribution >= 4 is 49.5 Å². The third-order valence-corrected chi connectivity index (χ3v) is 9.44. The summed E-state index contributed by atoms with van der Waals surface area (Å²) in [6.45, 7) is 1.23. The highest BCUT2D eigenvalue weighted by Crippen LogP contribution is 2.35. The minimum absolute atomic E-state index is 0.254. The molecule has 0 aliphatic carbocycles. The van der Waals surface area contributed by atoms with Gasteiger partial charge in [0.2, 0.25) is 0 Å². The van der Waals surface area contributed by atoms with Crippen LogP contribution in [-0.4, -0.2) is 46.0 Å². The second-order valence-electron chi connectivity index (χ2n) is 7.39. The third-order valence-electron chi connectivity index (χ3n) is 5.54. The van der Waals surface area contributed by atoms with E-state index in [2.05, 4.69) is 4.90 Å². The van der Waals surface area contributed by atoms with Crippen LogP contribution < -0.4 is 14.4 Å². The molecule has 1 aliphatic heterocycles. The Balaban J connectivity index is 1.46. The summed E-state index contributed by atoms with van der Waals surface area (Å²) < 4.78 is 36.9. The average molecular weight is 513 g/mol. The Hall–Kier alpha value is -2.00. The van der Waals surface area contributed by atoms with Crippen molar-refractivity contribution in [2.45, 2.75) is 23.0 Å². The number of rotatable bonds is 6. The lowest BCUT2D eigenvalue weighted by atomic mass is 10.1. The summed E-state index contributed by atoms with van der Waals surface area (Å²) in [7, 11) is -0.464. The predicted molar refractivity (Wildman–Crippen MR) is 130 cm³/mol. The molecular weight excluding hydrogens is 491 g/mol. The zero-order valence-corrected chi connectivity index (χ0v) is 20.7. The molecule has 0 atom stereocenters.